The number of carbonyl (C=O) groups is 4. The minimum absolute atomic E-state index is 0.00271. The molecule has 1 aromatic rings. The highest BCUT2D eigenvalue weighted by Gasteiger charge is 2.22. The molecule has 1 unspecified atom stereocenters. The van der Waals surface area contributed by atoms with Crippen LogP contribution in [0.1, 0.15) is 59.9 Å². The average molecular weight is 498 g/mol. The third-order valence-corrected chi connectivity index (χ3v) is 4.23. The van der Waals surface area contributed by atoms with E-state index in [9.17, 15) is 24.3 Å². The number of ether oxygens (including phenoxy) is 5. The van der Waals surface area contributed by atoms with E-state index in [2.05, 4.69) is 5.32 Å². The molecule has 11 heteroatoms. The van der Waals surface area contributed by atoms with E-state index in [1.165, 1.54) is 18.2 Å². The number of hydrogen-bond acceptors (Lipinski definition) is 10. The van der Waals surface area contributed by atoms with Gasteiger partial charge in [0.25, 0.3) is 0 Å². The summed E-state index contributed by atoms with van der Waals surface area (Å²) in [5.41, 5.74) is 0.470. The van der Waals surface area contributed by atoms with E-state index < -0.39 is 42.6 Å². The SMILES string of the molecule is CCCC(=O)OC(C)CN[C@@H](Cc1ccc(OC(=O)OC(C)C)c(OC(=O)OC(C)C)c1)C(=O)O. The zero-order valence-corrected chi connectivity index (χ0v) is 21.0. The van der Waals surface area contributed by atoms with E-state index in [1.807, 2.05) is 6.92 Å². The molecule has 0 heterocycles. The number of nitrogens with one attached hydrogen (secondary N) is 1. The summed E-state index contributed by atoms with van der Waals surface area (Å²) in [6.45, 7) is 10.2. The first kappa shape index (κ1) is 29.7. The van der Waals surface area contributed by atoms with Gasteiger partial charge in [-0.25, -0.2) is 9.59 Å². The molecule has 0 amide bonds. The van der Waals surface area contributed by atoms with Crippen molar-refractivity contribution in [2.75, 3.05) is 6.54 Å². The second-order valence-corrected chi connectivity index (χ2v) is 8.37. The number of benzene rings is 1. The Morgan fingerprint density at radius 2 is 1.46 bits per heavy atom. The maximum Gasteiger partial charge on any atom is 0.514 e. The lowest BCUT2D eigenvalue weighted by molar-refractivity contribution is -0.148. The van der Waals surface area contributed by atoms with E-state index in [4.69, 9.17) is 23.7 Å². The molecule has 0 aliphatic rings. The van der Waals surface area contributed by atoms with Crippen molar-refractivity contribution >= 4 is 24.2 Å². The van der Waals surface area contributed by atoms with Crippen LogP contribution in [0.15, 0.2) is 18.2 Å². The fourth-order valence-corrected chi connectivity index (χ4v) is 2.78. The molecule has 11 nitrogen and oxygen atoms in total. The van der Waals surface area contributed by atoms with Crippen molar-refractivity contribution < 1.29 is 48.0 Å². The zero-order chi connectivity index (χ0) is 26.5. The van der Waals surface area contributed by atoms with Crippen LogP contribution in [0.4, 0.5) is 9.59 Å². The Balaban J connectivity index is 3.00. The van der Waals surface area contributed by atoms with Gasteiger partial charge in [-0.3, -0.25) is 9.59 Å². The van der Waals surface area contributed by atoms with E-state index in [-0.39, 0.29) is 36.9 Å². The third-order valence-electron chi connectivity index (χ3n) is 4.23. The Hall–Kier alpha value is -3.34. The number of carboxylic acids is 1. The number of esters is 1. The average Bonchev–Trinajstić information content (AvgIpc) is 2.71. The first-order valence-corrected chi connectivity index (χ1v) is 11.5. The van der Waals surface area contributed by atoms with Crippen LogP contribution in [0.5, 0.6) is 11.5 Å². The normalized spacial score (nSPS) is 12.6. The summed E-state index contributed by atoms with van der Waals surface area (Å²) in [4.78, 5) is 47.3. The molecule has 0 saturated heterocycles. The summed E-state index contributed by atoms with van der Waals surface area (Å²) in [7, 11) is 0. The molecule has 0 saturated carbocycles. The quantitative estimate of drug-likeness (QED) is 0.233. The number of carboxylic acid groups (broad SMARTS) is 1. The molecule has 1 aromatic carbocycles. The predicted molar refractivity (Wildman–Crippen MR) is 125 cm³/mol. The van der Waals surface area contributed by atoms with Crippen LogP contribution in [0.25, 0.3) is 0 Å². The Labute approximate surface area is 205 Å². The van der Waals surface area contributed by atoms with Gasteiger partial charge in [-0.15, -0.1) is 0 Å². The molecule has 2 N–H and O–H groups in total. The summed E-state index contributed by atoms with van der Waals surface area (Å²) in [6, 6.07) is 3.24. The molecular formula is C24H35NO10. The van der Waals surface area contributed by atoms with Crippen LogP contribution in [-0.4, -0.2) is 60.3 Å². The lowest BCUT2D eigenvalue weighted by Gasteiger charge is -2.19. The largest absolute Gasteiger partial charge is 0.514 e. The van der Waals surface area contributed by atoms with E-state index in [1.54, 1.807) is 34.6 Å². The monoisotopic (exact) mass is 497 g/mol. The zero-order valence-electron chi connectivity index (χ0n) is 21.0. The lowest BCUT2D eigenvalue weighted by Crippen LogP contribution is -2.42. The summed E-state index contributed by atoms with van der Waals surface area (Å²) < 4.78 is 25.5. The number of hydrogen-bond donors (Lipinski definition) is 2. The van der Waals surface area contributed by atoms with Gasteiger partial charge in [-0.05, 0) is 65.2 Å². The number of aliphatic carboxylic acids is 1. The van der Waals surface area contributed by atoms with Gasteiger partial charge < -0.3 is 34.1 Å². The smallest absolute Gasteiger partial charge is 0.480 e. The summed E-state index contributed by atoms with van der Waals surface area (Å²) in [5, 5.41) is 12.5. The van der Waals surface area contributed by atoms with E-state index in [0.717, 1.165) is 0 Å². The molecule has 0 aliphatic carbocycles. The maximum absolute atomic E-state index is 12.0. The summed E-state index contributed by atoms with van der Waals surface area (Å²) in [6.07, 6.45) is -2.48. The molecule has 0 spiro atoms. The van der Waals surface area contributed by atoms with Crippen LogP contribution in [-0.2, 0) is 30.2 Å². The van der Waals surface area contributed by atoms with Gasteiger partial charge in [-0.2, -0.15) is 0 Å². The van der Waals surface area contributed by atoms with Crippen molar-refractivity contribution in [1.82, 2.24) is 5.32 Å². The molecule has 196 valence electrons. The lowest BCUT2D eigenvalue weighted by atomic mass is 10.0. The highest BCUT2D eigenvalue weighted by molar-refractivity contribution is 5.74. The van der Waals surface area contributed by atoms with Gasteiger partial charge in [0.05, 0.1) is 12.2 Å². The maximum atomic E-state index is 12.0. The van der Waals surface area contributed by atoms with Crippen molar-refractivity contribution in [3.63, 3.8) is 0 Å². The highest BCUT2D eigenvalue weighted by atomic mass is 16.7. The highest BCUT2D eigenvalue weighted by Crippen LogP contribution is 2.30. The van der Waals surface area contributed by atoms with Crippen molar-refractivity contribution in [2.45, 2.75) is 85.2 Å². The van der Waals surface area contributed by atoms with Gasteiger partial charge in [-0.1, -0.05) is 13.0 Å². The van der Waals surface area contributed by atoms with Crippen molar-refractivity contribution in [3.8, 4) is 11.5 Å². The molecule has 35 heavy (non-hydrogen) atoms. The van der Waals surface area contributed by atoms with Crippen molar-refractivity contribution in [1.29, 1.82) is 0 Å². The molecule has 1 rings (SSSR count). The van der Waals surface area contributed by atoms with Gasteiger partial charge in [0, 0.05) is 13.0 Å². The fourth-order valence-electron chi connectivity index (χ4n) is 2.78. The molecule has 0 radical (unpaired) electrons. The predicted octanol–water partition coefficient (Wildman–Crippen LogP) is 3.85. The van der Waals surface area contributed by atoms with Gasteiger partial charge >= 0.3 is 24.2 Å². The molecular weight excluding hydrogens is 462 g/mol. The fraction of sp³-hybridized carbons (Fsp3) is 0.583. The van der Waals surface area contributed by atoms with Crippen LogP contribution < -0.4 is 14.8 Å². The van der Waals surface area contributed by atoms with E-state index >= 15 is 0 Å². The molecule has 0 fully saturated rings. The first-order chi connectivity index (χ1) is 16.4. The number of carbonyl (C=O) groups excluding carboxylic acids is 3. The van der Waals surface area contributed by atoms with Gasteiger partial charge in [0.15, 0.2) is 11.5 Å². The molecule has 2 atom stereocenters. The summed E-state index contributed by atoms with van der Waals surface area (Å²) in [5.74, 6) is -1.72. The van der Waals surface area contributed by atoms with Crippen LogP contribution in [0.3, 0.4) is 0 Å². The minimum atomic E-state index is -1.13. The van der Waals surface area contributed by atoms with Crippen LogP contribution in [0.2, 0.25) is 0 Å². The van der Waals surface area contributed by atoms with Crippen molar-refractivity contribution in [3.05, 3.63) is 23.8 Å². The molecule has 0 aromatic heterocycles. The Morgan fingerprint density at radius 3 is 1.97 bits per heavy atom. The van der Waals surface area contributed by atoms with E-state index in [0.29, 0.717) is 12.0 Å². The third kappa shape index (κ3) is 12.1. The van der Waals surface area contributed by atoms with Gasteiger partial charge in [0.2, 0.25) is 0 Å². The Bertz CT molecular complexity index is 868. The number of rotatable bonds is 13. The first-order valence-electron chi connectivity index (χ1n) is 11.5. The minimum Gasteiger partial charge on any atom is -0.480 e. The molecule has 0 bridgehead atoms. The second-order valence-electron chi connectivity index (χ2n) is 8.37. The molecule has 0 aliphatic heterocycles. The standard InChI is InChI=1S/C24H35NO10/c1-7-8-21(26)33-16(6)13-25-18(22(27)28)11-17-9-10-19(34-23(29)31-14(2)3)20(12-17)35-24(30)32-15(4)5/h9-10,12,14-16,18,25H,7-8,11,13H2,1-6H3,(H,27,28)/t16?,18-/m0/s1. The summed E-state index contributed by atoms with van der Waals surface area (Å²) >= 11 is 0. The van der Waals surface area contributed by atoms with Crippen LogP contribution in [0, 0.1) is 0 Å². The Morgan fingerprint density at radius 1 is 0.886 bits per heavy atom. The topological polar surface area (TPSA) is 147 Å². The Kier molecular flexibility index (Phi) is 12.6. The second kappa shape index (κ2) is 14.8. The van der Waals surface area contributed by atoms with Crippen LogP contribution >= 0.6 is 0 Å². The van der Waals surface area contributed by atoms with Crippen molar-refractivity contribution in [2.24, 2.45) is 0 Å². The van der Waals surface area contributed by atoms with Gasteiger partial charge in [0.1, 0.15) is 12.1 Å².